The minimum Gasteiger partial charge on any atom is -0.477 e. The lowest BCUT2D eigenvalue weighted by atomic mass is 10.3. The zero-order chi connectivity index (χ0) is 13.4. The summed E-state index contributed by atoms with van der Waals surface area (Å²) in [5.41, 5.74) is 1.97. The van der Waals surface area contributed by atoms with Gasteiger partial charge in [0.15, 0.2) is 0 Å². The summed E-state index contributed by atoms with van der Waals surface area (Å²) in [6.45, 7) is 4.10. The van der Waals surface area contributed by atoms with Crippen molar-refractivity contribution in [2.75, 3.05) is 0 Å². The van der Waals surface area contributed by atoms with E-state index in [-0.39, 0.29) is 5.69 Å². The van der Waals surface area contributed by atoms with E-state index in [1.54, 1.807) is 16.2 Å². The summed E-state index contributed by atoms with van der Waals surface area (Å²) in [6.07, 6.45) is 1.37. The number of halogens is 1. The molecule has 2 aromatic rings. The second-order valence-electron chi connectivity index (χ2n) is 4.05. The number of carbonyl (C=O) groups is 1. The van der Waals surface area contributed by atoms with Crippen molar-refractivity contribution < 1.29 is 9.90 Å². The first-order valence-corrected chi connectivity index (χ1v) is 6.14. The summed E-state index contributed by atoms with van der Waals surface area (Å²) < 4.78 is 4.29. The molecule has 96 valence electrons. The summed E-state index contributed by atoms with van der Waals surface area (Å²) in [4.78, 5) is 15.1. The van der Waals surface area contributed by atoms with Gasteiger partial charge in [0.05, 0.1) is 28.6 Å². The molecule has 0 radical (unpaired) electrons. The van der Waals surface area contributed by atoms with E-state index >= 15 is 0 Å². The number of nitrogens with zero attached hydrogens (tertiary/aromatic N) is 4. The van der Waals surface area contributed by atoms with E-state index in [2.05, 4.69) is 26.0 Å². The molecule has 0 saturated carbocycles. The van der Waals surface area contributed by atoms with Gasteiger partial charge in [-0.2, -0.15) is 5.10 Å². The van der Waals surface area contributed by atoms with Crippen molar-refractivity contribution >= 4 is 21.9 Å². The van der Waals surface area contributed by atoms with Crippen LogP contribution in [0.25, 0.3) is 0 Å². The first kappa shape index (κ1) is 12.8. The van der Waals surface area contributed by atoms with Crippen molar-refractivity contribution in [3.8, 4) is 0 Å². The standard InChI is InChI=1S/C11H13BrN4O2/c1-6-10(12)9(15(3)14-6)5-16-7(2)13-4-8(16)11(17)18/h4H,5H2,1-3H3,(H,17,18). The third kappa shape index (κ3) is 2.05. The van der Waals surface area contributed by atoms with Crippen LogP contribution in [0.3, 0.4) is 0 Å². The van der Waals surface area contributed by atoms with Crippen molar-refractivity contribution in [3.63, 3.8) is 0 Å². The fourth-order valence-electron chi connectivity index (χ4n) is 1.84. The van der Waals surface area contributed by atoms with Gasteiger partial charge in [-0.3, -0.25) is 4.68 Å². The topological polar surface area (TPSA) is 72.9 Å². The molecular formula is C11H13BrN4O2. The van der Waals surface area contributed by atoms with Crippen molar-refractivity contribution in [2.24, 2.45) is 7.05 Å². The van der Waals surface area contributed by atoms with Gasteiger partial charge < -0.3 is 9.67 Å². The molecule has 0 unspecified atom stereocenters. The highest BCUT2D eigenvalue weighted by molar-refractivity contribution is 9.10. The number of aromatic carboxylic acids is 1. The van der Waals surface area contributed by atoms with Gasteiger partial charge in [0, 0.05) is 7.05 Å². The second-order valence-corrected chi connectivity index (χ2v) is 4.84. The lowest BCUT2D eigenvalue weighted by molar-refractivity contribution is 0.0685. The Morgan fingerprint density at radius 2 is 2.17 bits per heavy atom. The first-order chi connectivity index (χ1) is 8.41. The molecule has 18 heavy (non-hydrogen) atoms. The van der Waals surface area contributed by atoms with Crippen LogP contribution in [0, 0.1) is 13.8 Å². The molecule has 0 spiro atoms. The fourth-order valence-corrected chi connectivity index (χ4v) is 2.30. The average Bonchev–Trinajstić information content (AvgIpc) is 2.76. The summed E-state index contributed by atoms with van der Waals surface area (Å²) in [7, 11) is 1.83. The van der Waals surface area contributed by atoms with E-state index in [1.807, 2.05) is 14.0 Å². The lowest BCUT2D eigenvalue weighted by Gasteiger charge is -2.08. The minimum absolute atomic E-state index is 0.179. The Hall–Kier alpha value is -1.63. The van der Waals surface area contributed by atoms with Gasteiger partial charge in [-0.1, -0.05) is 0 Å². The van der Waals surface area contributed by atoms with Gasteiger partial charge in [-0.15, -0.1) is 0 Å². The fraction of sp³-hybridized carbons (Fsp3) is 0.364. The number of rotatable bonds is 3. The van der Waals surface area contributed by atoms with Crippen LogP contribution in [0.1, 0.15) is 27.7 Å². The van der Waals surface area contributed by atoms with Gasteiger partial charge in [-0.25, -0.2) is 9.78 Å². The van der Waals surface area contributed by atoms with Crippen molar-refractivity contribution in [1.82, 2.24) is 19.3 Å². The molecule has 0 aliphatic rings. The summed E-state index contributed by atoms with van der Waals surface area (Å²) in [6, 6.07) is 0. The van der Waals surface area contributed by atoms with E-state index in [0.29, 0.717) is 12.4 Å². The molecular weight excluding hydrogens is 300 g/mol. The van der Waals surface area contributed by atoms with Crippen LogP contribution in [0.15, 0.2) is 10.7 Å². The number of hydrogen-bond acceptors (Lipinski definition) is 3. The Kier molecular flexibility index (Phi) is 3.25. The molecule has 6 nitrogen and oxygen atoms in total. The quantitative estimate of drug-likeness (QED) is 0.937. The molecule has 1 N–H and O–H groups in total. The summed E-state index contributed by atoms with van der Waals surface area (Å²) >= 11 is 3.47. The number of aryl methyl sites for hydroxylation is 3. The third-order valence-electron chi connectivity index (χ3n) is 2.84. The number of carboxylic acids is 1. The molecule has 2 aromatic heterocycles. The maximum absolute atomic E-state index is 11.1. The molecule has 0 aromatic carbocycles. The van der Waals surface area contributed by atoms with Crippen LogP contribution in [0.4, 0.5) is 0 Å². The van der Waals surface area contributed by atoms with E-state index in [4.69, 9.17) is 5.11 Å². The largest absolute Gasteiger partial charge is 0.477 e. The van der Waals surface area contributed by atoms with Crippen LogP contribution in [-0.4, -0.2) is 30.4 Å². The maximum Gasteiger partial charge on any atom is 0.354 e. The molecule has 0 bridgehead atoms. The van der Waals surface area contributed by atoms with Crippen LogP contribution in [0.2, 0.25) is 0 Å². The zero-order valence-corrected chi connectivity index (χ0v) is 11.9. The molecule has 0 saturated heterocycles. The Bertz CT molecular complexity index is 615. The molecule has 7 heteroatoms. The molecule has 0 atom stereocenters. The van der Waals surface area contributed by atoms with Gasteiger partial charge in [0.2, 0.25) is 0 Å². The number of aromatic nitrogens is 4. The van der Waals surface area contributed by atoms with E-state index < -0.39 is 5.97 Å². The van der Waals surface area contributed by atoms with Crippen LogP contribution < -0.4 is 0 Å². The highest BCUT2D eigenvalue weighted by Crippen LogP contribution is 2.22. The number of hydrogen-bond donors (Lipinski definition) is 1. The van der Waals surface area contributed by atoms with E-state index in [1.165, 1.54) is 6.20 Å². The average molecular weight is 313 g/mol. The van der Waals surface area contributed by atoms with Gasteiger partial charge in [-0.05, 0) is 29.8 Å². The molecule has 2 rings (SSSR count). The predicted octanol–water partition coefficient (Wildman–Crippen LogP) is 1.74. The van der Waals surface area contributed by atoms with Crippen LogP contribution in [-0.2, 0) is 13.6 Å². The molecule has 0 amide bonds. The van der Waals surface area contributed by atoms with Crippen molar-refractivity contribution in [2.45, 2.75) is 20.4 Å². The van der Waals surface area contributed by atoms with Gasteiger partial charge in [0.1, 0.15) is 11.5 Å². The highest BCUT2D eigenvalue weighted by atomic mass is 79.9. The summed E-state index contributed by atoms with van der Waals surface area (Å²) in [5.74, 6) is -0.316. The van der Waals surface area contributed by atoms with Crippen molar-refractivity contribution in [3.05, 3.63) is 33.6 Å². The lowest BCUT2D eigenvalue weighted by Crippen LogP contribution is -2.13. The first-order valence-electron chi connectivity index (χ1n) is 5.35. The minimum atomic E-state index is -0.981. The van der Waals surface area contributed by atoms with Gasteiger partial charge in [0.25, 0.3) is 0 Å². The molecule has 2 heterocycles. The second kappa shape index (κ2) is 4.56. The predicted molar refractivity (Wildman–Crippen MR) is 68.7 cm³/mol. The van der Waals surface area contributed by atoms with Crippen LogP contribution in [0.5, 0.6) is 0 Å². The third-order valence-corrected chi connectivity index (χ3v) is 3.88. The SMILES string of the molecule is Cc1nn(C)c(Cn2c(C(=O)O)cnc2C)c1Br. The Labute approximate surface area is 112 Å². The number of imidazole rings is 1. The Balaban J connectivity index is 2.46. The number of carboxylic acid groups (broad SMARTS) is 1. The molecule has 0 fully saturated rings. The maximum atomic E-state index is 11.1. The normalized spacial score (nSPS) is 10.9. The van der Waals surface area contributed by atoms with E-state index in [9.17, 15) is 4.79 Å². The molecule has 0 aliphatic carbocycles. The summed E-state index contributed by atoms with van der Waals surface area (Å²) in [5, 5.41) is 13.4. The van der Waals surface area contributed by atoms with Crippen LogP contribution >= 0.6 is 15.9 Å². The highest BCUT2D eigenvalue weighted by Gasteiger charge is 2.17. The molecule has 0 aliphatic heterocycles. The van der Waals surface area contributed by atoms with E-state index in [0.717, 1.165) is 15.9 Å². The Morgan fingerprint density at radius 3 is 2.67 bits per heavy atom. The van der Waals surface area contributed by atoms with Crippen molar-refractivity contribution in [1.29, 1.82) is 0 Å². The Morgan fingerprint density at radius 1 is 1.50 bits per heavy atom. The monoisotopic (exact) mass is 312 g/mol. The zero-order valence-electron chi connectivity index (χ0n) is 10.3. The smallest absolute Gasteiger partial charge is 0.354 e. The van der Waals surface area contributed by atoms with Gasteiger partial charge >= 0.3 is 5.97 Å².